The van der Waals surface area contributed by atoms with Crippen LogP contribution in [-0.2, 0) is 11.3 Å². The fourth-order valence-corrected chi connectivity index (χ4v) is 2.64. The molecule has 0 atom stereocenters. The molecule has 0 radical (unpaired) electrons. The van der Waals surface area contributed by atoms with Crippen LogP contribution >= 0.6 is 0 Å². The summed E-state index contributed by atoms with van der Waals surface area (Å²) in [5.74, 6) is 0.362. The molecule has 1 heterocycles. The molecule has 0 fully saturated rings. The lowest BCUT2D eigenvalue weighted by molar-refractivity contribution is 0.0470. The monoisotopic (exact) mass is 354 g/mol. The third kappa shape index (κ3) is 3.54. The van der Waals surface area contributed by atoms with Gasteiger partial charge < -0.3 is 18.6 Å². The van der Waals surface area contributed by atoms with Gasteiger partial charge in [0.05, 0.1) is 14.2 Å². The number of methoxy groups -OCH3 is 2. The van der Waals surface area contributed by atoms with E-state index in [9.17, 15) is 9.59 Å². The number of ether oxygens (including phenoxy) is 3. The number of hydrogen-bond donors (Lipinski definition) is 0. The number of fused-ring (bicyclic) bond motifs is 1. The van der Waals surface area contributed by atoms with E-state index in [-0.39, 0.29) is 12.2 Å². The van der Waals surface area contributed by atoms with Crippen LogP contribution in [0.15, 0.2) is 51.7 Å². The highest BCUT2D eigenvalue weighted by Crippen LogP contribution is 2.26. The molecule has 6 heteroatoms. The van der Waals surface area contributed by atoms with Crippen LogP contribution in [0.25, 0.3) is 11.0 Å². The molecular weight excluding hydrogens is 336 g/mol. The fraction of sp³-hybridized carbons (Fsp3) is 0.200. The van der Waals surface area contributed by atoms with Crippen LogP contribution in [0, 0.1) is 6.92 Å². The Balaban J connectivity index is 1.86. The van der Waals surface area contributed by atoms with Crippen molar-refractivity contribution in [3.8, 4) is 11.5 Å². The number of carbonyl (C=O) groups excluding carboxylic acids is 1. The minimum atomic E-state index is -0.557. The SMILES string of the molecule is COc1ccc(C(=O)OCc2cc(=O)oc3cc(C)ccc23)c(OC)c1. The van der Waals surface area contributed by atoms with Gasteiger partial charge in [-0.1, -0.05) is 12.1 Å². The minimum Gasteiger partial charge on any atom is -0.497 e. The highest BCUT2D eigenvalue weighted by atomic mass is 16.5. The maximum atomic E-state index is 12.4. The molecule has 0 unspecified atom stereocenters. The smallest absolute Gasteiger partial charge is 0.342 e. The van der Waals surface area contributed by atoms with Gasteiger partial charge >= 0.3 is 11.6 Å². The molecule has 0 saturated carbocycles. The highest BCUT2D eigenvalue weighted by molar-refractivity contribution is 5.93. The van der Waals surface area contributed by atoms with E-state index >= 15 is 0 Å². The molecule has 26 heavy (non-hydrogen) atoms. The fourth-order valence-electron chi connectivity index (χ4n) is 2.64. The largest absolute Gasteiger partial charge is 0.497 e. The molecule has 6 nitrogen and oxygen atoms in total. The van der Waals surface area contributed by atoms with Gasteiger partial charge in [-0.2, -0.15) is 0 Å². The first kappa shape index (κ1) is 17.5. The van der Waals surface area contributed by atoms with Crippen molar-refractivity contribution in [3.63, 3.8) is 0 Å². The number of hydrogen-bond acceptors (Lipinski definition) is 6. The van der Waals surface area contributed by atoms with Gasteiger partial charge in [-0.15, -0.1) is 0 Å². The molecule has 134 valence electrons. The zero-order chi connectivity index (χ0) is 18.7. The number of benzene rings is 2. The Bertz CT molecular complexity index is 1020. The van der Waals surface area contributed by atoms with Crippen LogP contribution in [-0.4, -0.2) is 20.2 Å². The van der Waals surface area contributed by atoms with Crippen molar-refractivity contribution in [2.45, 2.75) is 13.5 Å². The second-order valence-electron chi connectivity index (χ2n) is 5.73. The topological polar surface area (TPSA) is 75.0 Å². The van der Waals surface area contributed by atoms with Crippen molar-refractivity contribution in [1.29, 1.82) is 0 Å². The molecule has 0 saturated heterocycles. The maximum Gasteiger partial charge on any atom is 0.342 e. The van der Waals surface area contributed by atoms with E-state index in [4.69, 9.17) is 18.6 Å². The summed E-state index contributed by atoms with van der Waals surface area (Å²) in [6.45, 7) is 1.85. The lowest BCUT2D eigenvalue weighted by Gasteiger charge is -2.11. The number of rotatable bonds is 5. The molecule has 0 amide bonds. The molecule has 0 aliphatic heterocycles. The zero-order valence-corrected chi connectivity index (χ0v) is 14.7. The quantitative estimate of drug-likeness (QED) is 0.516. The van der Waals surface area contributed by atoms with Crippen LogP contribution < -0.4 is 15.1 Å². The summed E-state index contributed by atoms with van der Waals surface area (Å²) in [6, 6.07) is 11.7. The van der Waals surface area contributed by atoms with Gasteiger partial charge in [0, 0.05) is 23.1 Å². The van der Waals surface area contributed by atoms with Gasteiger partial charge in [0.25, 0.3) is 0 Å². The van der Waals surface area contributed by atoms with Crippen molar-refractivity contribution in [2.75, 3.05) is 14.2 Å². The van der Waals surface area contributed by atoms with Crippen molar-refractivity contribution in [3.05, 3.63) is 69.6 Å². The first-order valence-corrected chi connectivity index (χ1v) is 7.94. The van der Waals surface area contributed by atoms with Gasteiger partial charge in [0.2, 0.25) is 0 Å². The summed E-state index contributed by atoms with van der Waals surface area (Å²) in [5, 5.41) is 0.727. The molecule has 0 aliphatic carbocycles. The van der Waals surface area contributed by atoms with Gasteiger partial charge in [-0.3, -0.25) is 0 Å². The van der Waals surface area contributed by atoms with E-state index in [0.29, 0.717) is 22.6 Å². The van der Waals surface area contributed by atoms with E-state index in [0.717, 1.165) is 10.9 Å². The minimum absolute atomic E-state index is 0.0564. The van der Waals surface area contributed by atoms with Crippen LogP contribution in [0.5, 0.6) is 11.5 Å². The van der Waals surface area contributed by atoms with Crippen LogP contribution in [0.4, 0.5) is 0 Å². The number of aryl methyl sites for hydroxylation is 1. The Morgan fingerprint density at radius 2 is 1.85 bits per heavy atom. The predicted molar refractivity (Wildman–Crippen MR) is 95.9 cm³/mol. The molecule has 3 aromatic rings. The summed E-state index contributed by atoms with van der Waals surface area (Å²) in [5.41, 5.74) is 1.80. The average molecular weight is 354 g/mol. The van der Waals surface area contributed by atoms with Crippen molar-refractivity contribution < 1.29 is 23.4 Å². The first-order chi connectivity index (χ1) is 12.5. The Kier molecular flexibility index (Phi) is 4.93. The highest BCUT2D eigenvalue weighted by Gasteiger charge is 2.16. The first-order valence-electron chi connectivity index (χ1n) is 7.94. The van der Waals surface area contributed by atoms with Gasteiger partial charge in [0.15, 0.2) is 0 Å². The van der Waals surface area contributed by atoms with E-state index in [1.165, 1.54) is 20.3 Å². The van der Waals surface area contributed by atoms with Crippen molar-refractivity contribution in [2.24, 2.45) is 0 Å². The van der Waals surface area contributed by atoms with Crippen LogP contribution in [0.2, 0.25) is 0 Å². The molecular formula is C20H18O6. The molecule has 0 N–H and O–H groups in total. The van der Waals surface area contributed by atoms with Crippen molar-refractivity contribution >= 4 is 16.9 Å². The number of esters is 1. The molecule has 0 aliphatic rings. The molecule has 0 spiro atoms. The third-order valence-corrected chi connectivity index (χ3v) is 3.97. The molecule has 3 rings (SSSR count). The number of carbonyl (C=O) groups is 1. The Hall–Kier alpha value is -3.28. The average Bonchev–Trinajstić information content (AvgIpc) is 2.64. The second-order valence-corrected chi connectivity index (χ2v) is 5.73. The normalized spacial score (nSPS) is 10.6. The predicted octanol–water partition coefficient (Wildman–Crippen LogP) is 3.48. The zero-order valence-electron chi connectivity index (χ0n) is 14.7. The molecule has 0 bridgehead atoms. The summed E-state index contributed by atoms with van der Waals surface area (Å²) >= 11 is 0. The summed E-state index contributed by atoms with van der Waals surface area (Å²) in [4.78, 5) is 24.2. The van der Waals surface area contributed by atoms with Gasteiger partial charge in [-0.05, 0) is 30.7 Å². The maximum absolute atomic E-state index is 12.4. The Morgan fingerprint density at radius 3 is 2.58 bits per heavy atom. The van der Waals surface area contributed by atoms with E-state index in [1.807, 2.05) is 19.1 Å². The molecule has 1 aromatic heterocycles. The van der Waals surface area contributed by atoms with Crippen LogP contribution in [0.1, 0.15) is 21.5 Å². The Morgan fingerprint density at radius 1 is 1.04 bits per heavy atom. The second kappa shape index (κ2) is 7.31. The van der Waals surface area contributed by atoms with Gasteiger partial charge in [-0.25, -0.2) is 9.59 Å². The third-order valence-electron chi connectivity index (χ3n) is 3.97. The van der Waals surface area contributed by atoms with Crippen molar-refractivity contribution in [1.82, 2.24) is 0 Å². The van der Waals surface area contributed by atoms with E-state index < -0.39 is 11.6 Å². The van der Waals surface area contributed by atoms with Crippen LogP contribution in [0.3, 0.4) is 0 Å². The lowest BCUT2D eigenvalue weighted by atomic mass is 10.1. The van der Waals surface area contributed by atoms with E-state index in [1.54, 1.807) is 24.3 Å². The standard InChI is InChI=1S/C20H18O6/c1-12-4-6-15-13(9-19(21)26-18(15)8-12)11-25-20(22)16-7-5-14(23-2)10-17(16)24-3/h4-10H,11H2,1-3H3. The lowest BCUT2D eigenvalue weighted by Crippen LogP contribution is -2.09. The van der Waals surface area contributed by atoms with Gasteiger partial charge in [0.1, 0.15) is 29.3 Å². The molecule has 2 aromatic carbocycles. The van der Waals surface area contributed by atoms with E-state index in [2.05, 4.69) is 0 Å². The Labute approximate surface area is 149 Å². The summed E-state index contributed by atoms with van der Waals surface area (Å²) < 4.78 is 20.9. The summed E-state index contributed by atoms with van der Waals surface area (Å²) in [6.07, 6.45) is 0. The summed E-state index contributed by atoms with van der Waals surface area (Å²) in [7, 11) is 2.99.